The van der Waals surface area contributed by atoms with E-state index in [4.69, 9.17) is 9.47 Å². The zero-order valence-corrected chi connectivity index (χ0v) is 23.3. The molecular weight excluding hydrogens is 542 g/mol. The molecule has 2 aliphatic rings. The van der Waals surface area contributed by atoms with Crippen LogP contribution in [0.2, 0.25) is 0 Å². The van der Waals surface area contributed by atoms with Crippen molar-refractivity contribution < 1.29 is 32.6 Å². The maximum absolute atomic E-state index is 14.1. The van der Waals surface area contributed by atoms with E-state index in [1.807, 2.05) is 30.3 Å². The Hall–Kier alpha value is -4.53. The summed E-state index contributed by atoms with van der Waals surface area (Å²) in [5.74, 6) is -1.18. The molecule has 2 aliphatic heterocycles. The first-order valence-electron chi connectivity index (χ1n) is 14.0. The maximum atomic E-state index is 14.1. The van der Waals surface area contributed by atoms with Crippen LogP contribution >= 0.6 is 0 Å². The molecular formula is C33H32F2N2O5. The first-order chi connectivity index (χ1) is 20.3. The van der Waals surface area contributed by atoms with Gasteiger partial charge in [-0.15, -0.1) is 0 Å². The van der Waals surface area contributed by atoms with Crippen molar-refractivity contribution in [1.82, 2.24) is 9.80 Å². The van der Waals surface area contributed by atoms with Gasteiger partial charge in [0, 0.05) is 42.9 Å². The lowest BCUT2D eigenvalue weighted by Gasteiger charge is -2.39. The van der Waals surface area contributed by atoms with Crippen LogP contribution in [0.3, 0.4) is 0 Å². The van der Waals surface area contributed by atoms with Crippen molar-refractivity contribution in [1.29, 1.82) is 0 Å². The minimum atomic E-state index is -0.783. The maximum Gasteiger partial charge on any atom is 0.328 e. The molecule has 2 heterocycles. The molecule has 218 valence electrons. The van der Waals surface area contributed by atoms with Crippen molar-refractivity contribution in [3.63, 3.8) is 0 Å². The third-order valence-corrected chi connectivity index (χ3v) is 7.91. The van der Waals surface area contributed by atoms with Crippen molar-refractivity contribution in [2.45, 2.75) is 32.2 Å². The summed E-state index contributed by atoms with van der Waals surface area (Å²) in [6, 6.07) is 18.7. The van der Waals surface area contributed by atoms with Crippen molar-refractivity contribution >= 4 is 23.9 Å². The lowest BCUT2D eigenvalue weighted by Crippen LogP contribution is -2.44. The van der Waals surface area contributed by atoms with Crippen LogP contribution in [0.4, 0.5) is 8.78 Å². The molecule has 9 heteroatoms. The van der Waals surface area contributed by atoms with Gasteiger partial charge in [-0.1, -0.05) is 18.2 Å². The van der Waals surface area contributed by atoms with Crippen LogP contribution in [0.15, 0.2) is 78.9 Å². The second-order valence-electron chi connectivity index (χ2n) is 10.7. The summed E-state index contributed by atoms with van der Waals surface area (Å²) in [4.78, 5) is 42.6. The minimum Gasteiger partial charge on any atom is -0.464 e. The molecule has 0 bridgehead atoms. The highest BCUT2D eigenvalue weighted by Crippen LogP contribution is 2.44. The van der Waals surface area contributed by atoms with Gasteiger partial charge in [0.1, 0.15) is 29.2 Å². The van der Waals surface area contributed by atoms with Crippen LogP contribution in [0.25, 0.3) is 6.08 Å². The van der Waals surface area contributed by atoms with Gasteiger partial charge in [-0.2, -0.15) is 0 Å². The number of esters is 1. The third-order valence-electron chi connectivity index (χ3n) is 7.91. The third kappa shape index (κ3) is 6.51. The van der Waals surface area contributed by atoms with E-state index < -0.39 is 29.6 Å². The minimum absolute atomic E-state index is 0.0674. The molecule has 7 nitrogen and oxygen atoms in total. The number of para-hydroxylation sites is 1. The molecule has 3 aromatic carbocycles. The van der Waals surface area contributed by atoms with E-state index >= 15 is 0 Å². The zero-order valence-electron chi connectivity index (χ0n) is 23.3. The number of carbonyl (C=O) groups is 3. The van der Waals surface area contributed by atoms with Crippen molar-refractivity contribution in [3.05, 3.63) is 102 Å². The van der Waals surface area contributed by atoms with Crippen molar-refractivity contribution in [3.8, 4) is 11.5 Å². The zero-order chi connectivity index (χ0) is 29.7. The molecule has 1 unspecified atom stereocenters. The monoisotopic (exact) mass is 574 g/mol. The number of carbonyl (C=O) groups excluding carboxylic acids is 3. The lowest BCUT2D eigenvalue weighted by atomic mass is 9.76. The highest BCUT2D eigenvalue weighted by atomic mass is 19.1. The Kier molecular flexibility index (Phi) is 8.66. The SMILES string of the molecule is CCOC(=O)C1CC2(CCN(C(=O)c3ccc(Oc4ccccc4)cc3)CC2)CN1C(=O)/C=C/c1ccc(F)cc1F. The lowest BCUT2D eigenvalue weighted by molar-refractivity contribution is -0.151. The van der Waals surface area contributed by atoms with Gasteiger partial charge in [0.25, 0.3) is 5.91 Å². The Morgan fingerprint density at radius 3 is 2.31 bits per heavy atom. The highest BCUT2D eigenvalue weighted by Gasteiger charge is 2.50. The fourth-order valence-electron chi connectivity index (χ4n) is 5.65. The topological polar surface area (TPSA) is 76.2 Å². The smallest absolute Gasteiger partial charge is 0.328 e. The van der Waals surface area contributed by atoms with Gasteiger partial charge in [0.05, 0.1) is 6.61 Å². The van der Waals surface area contributed by atoms with Crippen LogP contribution in [0.5, 0.6) is 11.5 Å². The molecule has 2 amide bonds. The van der Waals surface area contributed by atoms with Gasteiger partial charge < -0.3 is 19.3 Å². The molecule has 0 radical (unpaired) electrons. The van der Waals surface area contributed by atoms with Gasteiger partial charge in [-0.05, 0) is 86.2 Å². The molecule has 2 fully saturated rings. The van der Waals surface area contributed by atoms with Gasteiger partial charge in [-0.25, -0.2) is 13.6 Å². The second-order valence-corrected chi connectivity index (χ2v) is 10.7. The highest BCUT2D eigenvalue weighted by molar-refractivity contribution is 5.96. The summed E-state index contributed by atoms with van der Waals surface area (Å²) >= 11 is 0. The normalized spacial score (nSPS) is 17.9. The average Bonchev–Trinajstić information content (AvgIpc) is 3.37. The number of ether oxygens (including phenoxy) is 2. The average molecular weight is 575 g/mol. The Labute approximate surface area is 243 Å². The Balaban J connectivity index is 1.23. The number of likely N-dealkylation sites (tertiary alicyclic amines) is 2. The number of hydrogen-bond donors (Lipinski definition) is 0. The van der Waals surface area contributed by atoms with E-state index in [2.05, 4.69) is 0 Å². The van der Waals surface area contributed by atoms with Gasteiger partial charge >= 0.3 is 5.97 Å². The fraction of sp³-hybridized carbons (Fsp3) is 0.303. The molecule has 42 heavy (non-hydrogen) atoms. The molecule has 0 aliphatic carbocycles. The summed E-state index contributed by atoms with van der Waals surface area (Å²) in [5.41, 5.74) is 0.265. The standard InChI is InChI=1S/C33H32F2N2O5/c1-2-41-32(40)29-21-33(22-37(29)30(38)15-11-23-8-12-25(34)20-28(23)35)16-18-36(19-17-33)31(39)24-9-13-27(14-10-24)42-26-6-4-3-5-7-26/h3-15,20,29H,2,16-19,21-22H2,1H3/b15-11+. The number of rotatable bonds is 7. The molecule has 1 atom stereocenters. The molecule has 0 N–H and O–H groups in total. The predicted octanol–water partition coefficient (Wildman–Crippen LogP) is 5.86. The van der Waals surface area contributed by atoms with Gasteiger partial charge in [0.2, 0.25) is 5.91 Å². The Bertz CT molecular complexity index is 1470. The number of piperidine rings is 1. The summed E-state index contributed by atoms with van der Waals surface area (Å²) in [6.07, 6.45) is 4.13. The molecule has 0 aromatic heterocycles. The molecule has 5 rings (SSSR count). The first kappa shape index (κ1) is 29.0. The van der Waals surface area contributed by atoms with Crippen LogP contribution in [-0.2, 0) is 14.3 Å². The number of benzene rings is 3. The van der Waals surface area contributed by atoms with E-state index in [0.717, 1.165) is 12.1 Å². The quantitative estimate of drug-likeness (QED) is 0.261. The van der Waals surface area contributed by atoms with Crippen LogP contribution in [-0.4, -0.2) is 59.9 Å². The Morgan fingerprint density at radius 2 is 1.64 bits per heavy atom. The molecule has 1 spiro atoms. The van der Waals surface area contributed by atoms with E-state index in [0.29, 0.717) is 56.0 Å². The first-order valence-corrected chi connectivity index (χ1v) is 14.0. The molecule has 0 saturated carbocycles. The number of amides is 2. The summed E-state index contributed by atoms with van der Waals surface area (Å²) in [5, 5.41) is 0. The van der Waals surface area contributed by atoms with Crippen LogP contribution in [0, 0.1) is 17.0 Å². The van der Waals surface area contributed by atoms with Crippen LogP contribution < -0.4 is 4.74 Å². The van der Waals surface area contributed by atoms with Crippen LogP contribution in [0.1, 0.15) is 42.1 Å². The fourth-order valence-corrected chi connectivity index (χ4v) is 5.65. The van der Waals surface area contributed by atoms with E-state index in [1.165, 1.54) is 23.1 Å². The van der Waals surface area contributed by atoms with Crippen molar-refractivity contribution in [2.24, 2.45) is 5.41 Å². The predicted molar refractivity (Wildman–Crippen MR) is 153 cm³/mol. The van der Waals surface area contributed by atoms with Gasteiger partial charge in [-0.3, -0.25) is 9.59 Å². The number of halogens is 2. The van der Waals surface area contributed by atoms with Crippen molar-refractivity contribution in [2.75, 3.05) is 26.2 Å². The summed E-state index contributed by atoms with van der Waals surface area (Å²) in [7, 11) is 0. The van der Waals surface area contributed by atoms with Gasteiger partial charge in [0.15, 0.2) is 0 Å². The van der Waals surface area contributed by atoms with E-state index in [9.17, 15) is 23.2 Å². The largest absolute Gasteiger partial charge is 0.464 e. The number of nitrogens with zero attached hydrogens (tertiary/aromatic N) is 2. The number of hydrogen-bond acceptors (Lipinski definition) is 5. The second kappa shape index (κ2) is 12.5. The summed E-state index contributed by atoms with van der Waals surface area (Å²) < 4.78 is 38.4. The van der Waals surface area contributed by atoms with E-state index in [1.54, 1.807) is 36.1 Å². The van der Waals surface area contributed by atoms with E-state index in [-0.39, 0.29) is 23.5 Å². The Morgan fingerprint density at radius 1 is 0.952 bits per heavy atom. The molecule has 3 aromatic rings. The summed E-state index contributed by atoms with van der Waals surface area (Å²) in [6.45, 7) is 3.17. The molecule has 2 saturated heterocycles.